The summed E-state index contributed by atoms with van der Waals surface area (Å²) in [6.07, 6.45) is 1.94. The number of hydrogen-bond donors (Lipinski definition) is 3. The number of rotatable bonds is 13. The van der Waals surface area contributed by atoms with Crippen molar-refractivity contribution in [2.45, 2.75) is 33.6 Å². The number of hydrogen-bond acceptors (Lipinski definition) is 5. The van der Waals surface area contributed by atoms with Crippen molar-refractivity contribution >= 4 is 34.1 Å². The van der Waals surface area contributed by atoms with Gasteiger partial charge in [0.05, 0.1) is 17.0 Å². The average molecular weight is 568 g/mol. The third-order valence-corrected chi connectivity index (χ3v) is 7.48. The molecule has 0 spiro atoms. The van der Waals surface area contributed by atoms with Crippen LogP contribution in [0.5, 0.6) is 5.88 Å². The maximum atomic E-state index is 13.1. The predicted molar refractivity (Wildman–Crippen MR) is 170 cm³/mol. The van der Waals surface area contributed by atoms with Gasteiger partial charge in [-0.05, 0) is 62.0 Å². The number of likely N-dealkylation sites (N-methyl/N-ethyl adjacent to an activating group) is 1. The van der Waals surface area contributed by atoms with Gasteiger partial charge in [0, 0.05) is 54.3 Å². The largest absolute Gasteiger partial charge is 0.494 e. The Morgan fingerprint density at radius 2 is 1.57 bits per heavy atom. The second-order valence-corrected chi connectivity index (χ2v) is 10.3. The summed E-state index contributed by atoms with van der Waals surface area (Å²) in [7, 11) is 1.81. The first-order chi connectivity index (χ1) is 20.4. The minimum absolute atomic E-state index is 0.0271. The minimum Gasteiger partial charge on any atom is -0.494 e. The monoisotopic (exact) mass is 567 g/mol. The van der Waals surface area contributed by atoms with Gasteiger partial charge in [-0.3, -0.25) is 9.59 Å². The van der Waals surface area contributed by atoms with Gasteiger partial charge in [0.2, 0.25) is 0 Å². The van der Waals surface area contributed by atoms with E-state index >= 15 is 0 Å². The Hall–Kier alpha value is -4.43. The number of aromatic nitrogens is 1. The zero-order chi connectivity index (χ0) is 30.1. The highest BCUT2D eigenvalue weighted by Gasteiger charge is 2.21. The molecule has 0 saturated heterocycles. The Bertz CT molecular complexity index is 1520. The number of aromatic hydroxyl groups is 1. The highest BCUT2D eigenvalue weighted by molar-refractivity contribution is 6.22. The zero-order valence-corrected chi connectivity index (χ0v) is 25.0. The molecule has 0 radical (unpaired) electrons. The van der Waals surface area contributed by atoms with Crippen molar-refractivity contribution in [3.05, 3.63) is 95.1 Å². The lowest BCUT2D eigenvalue weighted by Crippen LogP contribution is -2.34. The van der Waals surface area contributed by atoms with Crippen molar-refractivity contribution in [2.24, 2.45) is 4.99 Å². The maximum absolute atomic E-state index is 13.1. The van der Waals surface area contributed by atoms with Crippen molar-refractivity contribution in [3.8, 4) is 5.88 Å². The van der Waals surface area contributed by atoms with E-state index in [1.165, 1.54) is 0 Å². The van der Waals surface area contributed by atoms with Crippen molar-refractivity contribution in [3.63, 3.8) is 0 Å². The van der Waals surface area contributed by atoms with Gasteiger partial charge in [0.1, 0.15) is 0 Å². The molecule has 0 saturated carbocycles. The molecule has 220 valence electrons. The minimum atomic E-state index is -0.128. The molecule has 4 aromatic rings. The van der Waals surface area contributed by atoms with Gasteiger partial charge in [-0.15, -0.1) is 0 Å². The lowest BCUT2D eigenvalue weighted by Gasteiger charge is -2.17. The quantitative estimate of drug-likeness (QED) is 0.173. The molecule has 0 unspecified atom stereocenters. The van der Waals surface area contributed by atoms with Crippen LogP contribution in [0.25, 0.3) is 10.9 Å². The van der Waals surface area contributed by atoms with Crippen LogP contribution in [0.1, 0.15) is 65.5 Å². The fraction of sp³-hybridized carbons (Fsp3) is 0.324. The lowest BCUT2D eigenvalue weighted by atomic mass is 9.99. The second kappa shape index (κ2) is 14.5. The smallest absolute Gasteiger partial charge is 0.253 e. The van der Waals surface area contributed by atoms with Gasteiger partial charge < -0.3 is 25.2 Å². The Labute approximate surface area is 248 Å². The summed E-state index contributed by atoms with van der Waals surface area (Å²) in [5.41, 5.74) is 4.32. The maximum Gasteiger partial charge on any atom is 0.253 e. The summed E-state index contributed by atoms with van der Waals surface area (Å²) >= 11 is 0. The number of unbranched alkanes of at least 4 members (excludes halogenated alkanes) is 1. The molecule has 1 heterocycles. The summed E-state index contributed by atoms with van der Waals surface area (Å²) in [5.74, 6) is -0.224. The predicted octanol–water partition coefficient (Wildman–Crippen LogP) is 5.99. The summed E-state index contributed by atoms with van der Waals surface area (Å²) in [6, 6.07) is 22.1. The van der Waals surface area contributed by atoms with Gasteiger partial charge in [-0.25, -0.2) is 4.99 Å². The number of carbonyl (C=O) groups excluding carboxylic acids is 2. The molecular weight excluding hydrogens is 526 g/mol. The van der Waals surface area contributed by atoms with Gasteiger partial charge in [0.25, 0.3) is 11.8 Å². The third kappa shape index (κ3) is 7.25. The van der Waals surface area contributed by atoms with E-state index in [-0.39, 0.29) is 17.7 Å². The number of carbonyl (C=O) groups is 2. The molecule has 2 amide bonds. The van der Waals surface area contributed by atoms with E-state index in [2.05, 4.69) is 36.0 Å². The normalized spacial score (nSPS) is 11.7. The SMILES string of the molecule is CCCCN(C)C(=O)c1ccc2[nH]c(O)c(C(=Nc3ccc(C(=O)NCCN(CC)CC)cc3)c3ccccc3)c2c1. The molecule has 8 heteroatoms. The van der Waals surface area contributed by atoms with Crippen LogP contribution in [0.4, 0.5) is 5.69 Å². The molecule has 0 aliphatic heterocycles. The molecule has 8 nitrogen and oxygen atoms in total. The molecule has 1 aromatic heterocycles. The Morgan fingerprint density at radius 3 is 2.24 bits per heavy atom. The van der Waals surface area contributed by atoms with Gasteiger partial charge >= 0.3 is 0 Å². The van der Waals surface area contributed by atoms with E-state index in [1.54, 1.807) is 35.2 Å². The van der Waals surface area contributed by atoms with Crippen LogP contribution in [0.2, 0.25) is 0 Å². The number of nitrogens with zero attached hydrogens (tertiary/aromatic N) is 3. The lowest BCUT2D eigenvalue weighted by molar-refractivity contribution is 0.0793. The number of nitrogens with one attached hydrogen (secondary N) is 2. The van der Waals surface area contributed by atoms with Crippen molar-refractivity contribution in [2.75, 3.05) is 39.8 Å². The Kier molecular flexibility index (Phi) is 10.5. The molecule has 0 bridgehead atoms. The number of benzene rings is 3. The fourth-order valence-corrected chi connectivity index (χ4v) is 4.91. The number of aliphatic imine (C=N–C) groups is 1. The molecule has 0 aliphatic carbocycles. The van der Waals surface area contributed by atoms with Crippen molar-refractivity contribution in [1.29, 1.82) is 0 Å². The topological polar surface area (TPSA) is 101 Å². The number of fused-ring (bicyclic) bond motifs is 1. The standard InChI is InChI=1S/C34H41N5O3/c1-5-8-21-38(4)34(42)26-16-19-29-28(23-26)30(33(41)37-29)31(24-12-10-9-11-13-24)36-27-17-14-25(15-18-27)32(40)35-20-22-39(6-2)7-3/h9-19,23,37,41H,5-8,20-22H2,1-4H3,(H,35,40). The highest BCUT2D eigenvalue weighted by Crippen LogP contribution is 2.32. The summed E-state index contributed by atoms with van der Waals surface area (Å²) in [5, 5.41) is 14.8. The van der Waals surface area contributed by atoms with Crippen LogP contribution >= 0.6 is 0 Å². The molecule has 3 N–H and O–H groups in total. The summed E-state index contributed by atoms with van der Waals surface area (Å²) < 4.78 is 0. The van der Waals surface area contributed by atoms with Crippen LogP contribution in [-0.2, 0) is 0 Å². The number of aromatic amines is 1. The Morgan fingerprint density at radius 1 is 0.881 bits per heavy atom. The van der Waals surface area contributed by atoms with E-state index < -0.39 is 0 Å². The van der Waals surface area contributed by atoms with E-state index in [0.717, 1.165) is 38.0 Å². The first-order valence-corrected chi connectivity index (χ1v) is 14.7. The van der Waals surface area contributed by atoms with E-state index in [0.29, 0.717) is 52.1 Å². The van der Waals surface area contributed by atoms with Gasteiger partial charge in [-0.2, -0.15) is 0 Å². The van der Waals surface area contributed by atoms with Crippen LogP contribution in [0, 0.1) is 0 Å². The summed E-state index contributed by atoms with van der Waals surface area (Å²) in [6.45, 7) is 10.3. The zero-order valence-electron chi connectivity index (χ0n) is 25.0. The van der Waals surface area contributed by atoms with Crippen molar-refractivity contribution < 1.29 is 14.7 Å². The van der Waals surface area contributed by atoms with E-state index in [9.17, 15) is 14.7 Å². The van der Waals surface area contributed by atoms with Crippen molar-refractivity contribution in [1.82, 2.24) is 20.1 Å². The van der Waals surface area contributed by atoms with Crippen LogP contribution in [-0.4, -0.2) is 77.2 Å². The molecule has 3 aromatic carbocycles. The molecule has 4 rings (SSSR count). The average Bonchev–Trinajstić information content (AvgIpc) is 3.35. The highest BCUT2D eigenvalue weighted by atomic mass is 16.3. The Balaban J connectivity index is 1.67. The first kappa shape index (κ1) is 30.5. The molecule has 0 atom stereocenters. The molecule has 42 heavy (non-hydrogen) atoms. The second-order valence-electron chi connectivity index (χ2n) is 10.3. The van der Waals surface area contributed by atoms with E-state index in [4.69, 9.17) is 4.99 Å². The van der Waals surface area contributed by atoms with Crippen LogP contribution in [0.15, 0.2) is 77.8 Å². The van der Waals surface area contributed by atoms with Crippen LogP contribution < -0.4 is 5.32 Å². The number of H-pyrrole nitrogens is 1. The van der Waals surface area contributed by atoms with E-state index in [1.807, 2.05) is 49.5 Å². The molecule has 0 fully saturated rings. The number of amides is 2. The molecular formula is C34H41N5O3. The molecule has 0 aliphatic rings. The fourth-order valence-electron chi connectivity index (χ4n) is 4.91. The summed E-state index contributed by atoms with van der Waals surface area (Å²) in [4.78, 5) is 37.8. The van der Waals surface area contributed by atoms with Gasteiger partial charge in [0.15, 0.2) is 5.88 Å². The first-order valence-electron chi connectivity index (χ1n) is 14.7. The third-order valence-electron chi connectivity index (χ3n) is 7.48. The van der Waals surface area contributed by atoms with Gasteiger partial charge in [-0.1, -0.05) is 57.5 Å². The van der Waals surface area contributed by atoms with Crippen LogP contribution in [0.3, 0.4) is 0 Å².